The van der Waals surface area contributed by atoms with Gasteiger partial charge in [-0.05, 0) is 37.0 Å². The van der Waals surface area contributed by atoms with Gasteiger partial charge in [-0.1, -0.05) is 38.2 Å². The summed E-state index contributed by atoms with van der Waals surface area (Å²) >= 11 is 0. The third-order valence-corrected chi connectivity index (χ3v) is 3.80. The summed E-state index contributed by atoms with van der Waals surface area (Å²) in [6.45, 7) is 0. The number of aliphatic carboxylic acids is 1. The summed E-state index contributed by atoms with van der Waals surface area (Å²) in [6.07, 6.45) is 9.15. The first-order valence-electron chi connectivity index (χ1n) is 8.10. The van der Waals surface area contributed by atoms with Gasteiger partial charge in [0.2, 0.25) is 0 Å². The normalized spacial score (nSPS) is 10.5. The molecule has 1 aromatic rings. The van der Waals surface area contributed by atoms with Gasteiger partial charge in [-0.2, -0.15) is 0 Å². The summed E-state index contributed by atoms with van der Waals surface area (Å²) in [6, 6.07) is 6.09. The van der Waals surface area contributed by atoms with E-state index in [9.17, 15) is 4.79 Å². The molecule has 0 spiro atoms. The fourth-order valence-electron chi connectivity index (χ4n) is 2.53. The minimum absolute atomic E-state index is 0.305. The fourth-order valence-corrected chi connectivity index (χ4v) is 2.53. The van der Waals surface area contributed by atoms with Crippen molar-refractivity contribution in [3.05, 3.63) is 23.8 Å². The van der Waals surface area contributed by atoms with Crippen LogP contribution in [0.4, 0.5) is 0 Å². The van der Waals surface area contributed by atoms with E-state index < -0.39 is 5.97 Å². The highest BCUT2D eigenvalue weighted by atomic mass is 16.5. The van der Waals surface area contributed by atoms with Crippen LogP contribution in [-0.4, -0.2) is 25.3 Å². The van der Waals surface area contributed by atoms with E-state index in [0.29, 0.717) is 6.42 Å². The van der Waals surface area contributed by atoms with E-state index in [4.69, 9.17) is 14.6 Å². The van der Waals surface area contributed by atoms with Crippen LogP contribution in [0.25, 0.3) is 0 Å². The van der Waals surface area contributed by atoms with Crippen LogP contribution in [0.5, 0.6) is 11.5 Å². The average Bonchev–Trinajstić information content (AvgIpc) is 2.52. The summed E-state index contributed by atoms with van der Waals surface area (Å²) in [4.78, 5) is 10.4. The highest BCUT2D eigenvalue weighted by Crippen LogP contribution is 2.28. The van der Waals surface area contributed by atoms with Gasteiger partial charge in [-0.25, -0.2) is 0 Å². The van der Waals surface area contributed by atoms with Gasteiger partial charge in [-0.3, -0.25) is 4.79 Å². The van der Waals surface area contributed by atoms with Gasteiger partial charge in [0.15, 0.2) is 11.5 Å². The molecule has 0 aliphatic rings. The van der Waals surface area contributed by atoms with Crippen molar-refractivity contribution in [1.29, 1.82) is 0 Å². The largest absolute Gasteiger partial charge is 0.493 e. The Hall–Kier alpha value is -1.71. The van der Waals surface area contributed by atoms with Gasteiger partial charge >= 0.3 is 5.97 Å². The van der Waals surface area contributed by atoms with Crippen LogP contribution in [0.3, 0.4) is 0 Å². The smallest absolute Gasteiger partial charge is 0.303 e. The molecule has 0 heterocycles. The van der Waals surface area contributed by atoms with E-state index in [0.717, 1.165) is 37.2 Å². The predicted octanol–water partition coefficient (Wildman–Crippen LogP) is 4.45. The Kier molecular flexibility index (Phi) is 9.12. The van der Waals surface area contributed by atoms with Crippen molar-refractivity contribution in [1.82, 2.24) is 0 Å². The maximum Gasteiger partial charge on any atom is 0.303 e. The Labute approximate surface area is 133 Å². The molecule has 0 saturated carbocycles. The summed E-state index contributed by atoms with van der Waals surface area (Å²) in [5, 5.41) is 8.55. The van der Waals surface area contributed by atoms with E-state index in [1.54, 1.807) is 14.2 Å². The minimum Gasteiger partial charge on any atom is -0.493 e. The molecular formula is C18H28O4. The van der Waals surface area contributed by atoms with Crippen molar-refractivity contribution in [2.24, 2.45) is 0 Å². The van der Waals surface area contributed by atoms with Crippen LogP contribution in [0, 0.1) is 0 Å². The summed E-state index contributed by atoms with van der Waals surface area (Å²) in [5.41, 5.74) is 1.28. The lowest BCUT2D eigenvalue weighted by Gasteiger charge is -2.09. The van der Waals surface area contributed by atoms with Crippen molar-refractivity contribution >= 4 is 5.97 Å². The molecule has 0 bridgehead atoms. The number of hydrogen-bond donors (Lipinski definition) is 1. The number of hydrogen-bond acceptors (Lipinski definition) is 3. The number of carbonyl (C=O) groups is 1. The second-order valence-electron chi connectivity index (χ2n) is 5.56. The monoisotopic (exact) mass is 308 g/mol. The van der Waals surface area contributed by atoms with Crippen LogP contribution < -0.4 is 9.47 Å². The second-order valence-corrected chi connectivity index (χ2v) is 5.56. The number of unbranched alkanes of at least 4 members (excludes halogenated alkanes) is 6. The zero-order valence-electron chi connectivity index (χ0n) is 13.8. The molecule has 124 valence electrons. The lowest BCUT2D eigenvalue weighted by molar-refractivity contribution is -0.137. The van der Waals surface area contributed by atoms with Crippen molar-refractivity contribution in [3.63, 3.8) is 0 Å². The Morgan fingerprint density at radius 3 is 2.09 bits per heavy atom. The molecule has 0 fully saturated rings. The molecule has 1 rings (SSSR count). The first-order valence-corrected chi connectivity index (χ1v) is 8.10. The molecular weight excluding hydrogens is 280 g/mol. The SMILES string of the molecule is COc1ccc(CCCCCCCCCC(=O)O)cc1OC. The molecule has 1 aromatic carbocycles. The summed E-state index contributed by atoms with van der Waals surface area (Å²) in [5.74, 6) is 0.876. The van der Waals surface area contributed by atoms with Crippen LogP contribution in [0.1, 0.15) is 56.9 Å². The number of methoxy groups -OCH3 is 2. The molecule has 4 nitrogen and oxygen atoms in total. The van der Waals surface area contributed by atoms with E-state index in [1.807, 2.05) is 12.1 Å². The van der Waals surface area contributed by atoms with E-state index >= 15 is 0 Å². The van der Waals surface area contributed by atoms with Crippen LogP contribution in [-0.2, 0) is 11.2 Å². The van der Waals surface area contributed by atoms with E-state index in [1.165, 1.54) is 31.2 Å². The molecule has 0 unspecified atom stereocenters. The fraction of sp³-hybridized carbons (Fsp3) is 0.611. The lowest BCUT2D eigenvalue weighted by Crippen LogP contribution is -1.94. The molecule has 0 atom stereocenters. The third kappa shape index (κ3) is 7.34. The average molecular weight is 308 g/mol. The van der Waals surface area contributed by atoms with Crippen LogP contribution in [0.15, 0.2) is 18.2 Å². The molecule has 1 N–H and O–H groups in total. The predicted molar refractivity (Wildman–Crippen MR) is 87.8 cm³/mol. The topological polar surface area (TPSA) is 55.8 Å². The first kappa shape index (κ1) is 18.3. The molecule has 22 heavy (non-hydrogen) atoms. The van der Waals surface area contributed by atoms with Gasteiger partial charge in [-0.15, -0.1) is 0 Å². The quantitative estimate of drug-likeness (QED) is 0.579. The second kappa shape index (κ2) is 10.9. The van der Waals surface area contributed by atoms with E-state index in [2.05, 4.69) is 6.07 Å². The van der Waals surface area contributed by atoms with Crippen LogP contribution >= 0.6 is 0 Å². The van der Waals surface area contributed by atoms with E-state index in [-0.39, 0.29) is 0 Å². The maximum absolute atomic E-state index is 10.4. The number of benzene rings is 1. The third-order valence-electron chi connectivity index (χ3n) is 3.80. The standard InChI is InChI=1S/C18H28O4/c1-21-16-13-12-15(14-17(16)22-2)10-8-6-4-3-5-7-9-11-18(19)20/h12-14H,3-11H2,1-2H3,(H,19,20). The number of aryl methyl sites for hydroxylation is 1. The van der Waals surface area contributed by atoms with Crippen molar-refractivity contribution < 1.29 is 19.4 Å². The summed E-state index contributed by atoms with van der Waals surface area (Å²) < 4.78 is 10.5. The summed E-state index contributed by atoms with van der Waals surface area (Å²) in [7, 11) is 3.31. The molecule has 0 aromatic heterocycles. The lowest BCUT2D eigenvalue weighted by atomic mass is 10.0. The van der Waals surface area contributed by atoms with Gasteiger partial charge in [0.05, 0.1) is 14.2 Å². The molecule has 0 amide bonds. The Bertz CT molecular complexity index is 443. The number of rotatable bonds is 12. The maximum atomic E-state index is 10.4. The highest BCUT2D eigenvalue weighted by Gasteiger charge is 2.04. The van der Waals surface area contributed by atoms with Crippen molar-refractivity contribution in [2.75, 3.05) is 14.2 Å². The Morgan fingerprint density at radius 1 is 0.909 bits per heavy atom. The molecule has 0 aliphatic carbocycles. The van der Waals surface area contributed by atoms with Gasteiger partial charge in [0.25, 0.3) is 0 Å². The Morgan fingerprint density at radius 2 is 1.50 bits per heavy atom. The molecule has 0 saturated heterocycles. The zero-order valence-corrected chi connectivity index (χ0v) is 13.8. The number of carboxylic acid groups (broad SMARTS) is 1. The van der Waals surface area contributed by atoms with Crippen molar-refractivity contribution in [2.45, 2.75) is 57.8 Å². The number of ether oxygens (including phenoxy) is 2. The van der Waals surface area contributed by atoms with Crippen LogP contribution in [0.2, 0.25) is 0 Å². The molecule has 0 aliphatic heterocycles. The zero-order chi connectivity index (χ0) is 16.2. The van der Waals surface area contributed by atoms with Gasteiger partial charge < -0.3 is 14.6 Å². The Balaban J connectivity index is 2.11. The highest BCUT2D eigenvalue weighted by molar-refractivity contribution is 5.66. The molecule has 0 radical (unpaired) electrons. The minimum atomic E-state index is -0.685. The number of carboxylic acids is 1. The molecule has 4 heteroatoms. The van der Waals surface area contributed by atoms with Gasteiger partial charge in [0.1, 0.15) is 0 Å². The van der Waals surface area contributed by atoms with Gasteiger partial charge in [0, 0.05) is 6.42 Å². The van der Waals surface area contributed by atoms with Crippen molar-refractivity contribution in [3.8, 4) is 11.5 Å². The first-order chi connectivity index (χ1) is 10.7.